The average molecular weight is 478 g/mol. The molecule has 34 heavy (non-hydrogen) atoms. The summed E-state index contributed by atoms with van der Waals surface area (Å²) in [5, 5.41) is 6.00. The Balaban J connectivity index is 2.33. The molecule has 1 aromatic carbocycles. The average Bonchev–Trinajstić information content (AvgIpc) is 2.79. The summed E-state index contributed by atoms with van der Waals surface area (Å²) in [4.78, 5) is 35.9. The second-order valence-electron chi connectivity index (χ2n) is 9.69. The van der Waals surface area contributed by atoms with Crippen molar-refractivity contribution in [2.24, 2.45) is 5.73 Å². The summed E-state index contributed by atoms with van der Waals surface area (Å²) >= 11 is 0. The van der Waals surface area contributed by atoms with Gasteiger partial charge in [-0.25, -0.2) is 0 Å². The van der Waals surface area contributed by atoms with Gasteiger partial charge in [-0.15, -0.1) is 0 Å². The van der Waals surface area contributed by atoms with E-state index in [1.165, 1.54) is 7.11 Å². The number of rotatable bonds is 17. The number of carbonyl (C=O) groups excluding carboxylic acids is 3. The van der Waals surface area contributed by atoms with Crippen LogP contribution in [-0.4, -0.2) is 69.7 Å². The summed E-state index contributed by atoms with van der Waals surface area (Å²) in [6.45, 7) is 1.23. The molecule has 0 saturated heterocycles. The van der Waals surface area contributed by atoms with Crippen LogP contribution in [0.25, 0.3) is 0 Å². The van der Waals surface area contributed by atoms with Crippen molar-refractivity contribution < 1.29 is 23.6 Å². The van der Waals surface area contributed by atoms with E-state index in [9.17, 15) is 14.4 Å². The van der Waals surface area contributed by atoms with Crippen molar-refractivity contribution in [3.05, 3.63) is 29.8 Å². The van der Waals surface area contributed by atoms with Crippen LogP contribution in [0.4, 0.5) is 5.69 Å². The molecule has 0 aliphatic carbocycles. The van der Waals surface area contributed by atoms with Crippen molar-refractivity contribution in [2.75, 3.05) is 46.7 Å². The molecular weight excluding hydrogens is 432 g/mol. The van der Waals surface area contributed by atoms with E-state index in [4.69, 9.17) is 5.73 Å². The second kappa shape index (κ2) is 16.2. The number of unbranched alkanes of at least 4 members (excludes halogenated alkanes) is 4. The molecule has 0 unspecified atom stereocenters. The van der Waals surface area contributed by atoms with E-state index in [0.29, 0.717) is 30.4 Å². The van der Waals surface area contributed by atoms with Gasteiger partial charge in [-0.2, -0.15) is 0 Å². The fourth-order valence-corrected chi connectivity index (χ4v) is 3.79. The van der Waals surface area contributed by atoms with Gasteiger partial charge in [-0.3, -0.25) is 14.4 Å². The second-order valence-corrected chi connectivity index (χ2v) is 9.69. The third kappa shape index (κ3) is 12.7. The standard InChI is InChI=1S/C26H44N4O4/c1-30(2,3)23(11-9-10-19-27)26(33)28-20-18-21-14-16-22(17-15-21)29-24(31)12-7-5-6-8-13-25(32)34-4/h14-17,23H,5-13,18-20,27H2,1-4H3,(H-,28,29,31,33)/p+1/t23-/m0/s1. The van der Waals surface area contributed by atoms with Crippen LogP contribution in [0.5, 0.6) is 0 Å². The van der Waals surface area contributed by atoms with Gasteiger partial charge in [0.15, 0.2) is 6.04 Å². The maximum Gasteiger partial charge on any atom is 0.305 e. The Morgan fingerprint density at radius 3 is 2.18 bits per heavy atom. The Morgan fingerprint density at radius 2 is 1.59 bits per heavy atom. The number of esters is 1. The quantitative estimate of drug-likeness (QED) is 0.181. The summed E-state index contributed by atoms with van der Waals surface area (Å²) in [6, 6.07) is 7.66. The summed E-state index contributed by atoms with van der Waals surface area (Å²) in [6.07, 6.45) is 7.76. The Hall–Kier alpha value is -2.45. The number of amides is 2. The fourth-order valence-electron chi connectivity index (χ4n) is 3.79. The molecule has 0 aromatic heterocycles. The number of hydrogen-bond acceptors (Lipinski definition) is 5. The van der Waals surface area contributed by atoms with Crippen molar-refractivity contribution in [1.82, 2.24) is 5.32 Å². The van der Waals surface area contributed by atoms with E-state index in [1.807, 2.05) is 45.4 Å². The van der Waals surface area contributed by atoms with Crippen LogP contribution in [0.15, 0.2) is 24.3 Å². The zero-order chi connectivity index (χ0) is 25.4. The maximum absolute atomic E-state index is 12.7. The number of benzene rings is 1. The van der Waals surface area contributed by atoms with Crippen molar-refractivity contribution >= 4 is 23.5 Å². The van der Waals surface area contributed by atoms with Crippen LogP contribution in [0.2, 0.25) is 0 Å². The lowest BCUT2D eigenvalue weighted by Crippen LogP contribution is -2.54. The Bertz CT molecular complexity index is 744. The van der Waals surface area contributed by atoms with Gasteiger partial charge in [0.2, 0.25) is 5.91 Å². The fraction of sp³-hybridized carbons (Fsp3) is 0.654. The normalized spacial score (nSPS) is 12.1. The number of ether oxygens (including phenoxy) is 1. The number of likely N-dealkylation sites (N-methyl/N-ethyl adjacent to an activating group) is 1. The first-order valence-corrected chi connectivity index (χ1v) is 12.4. The minimum Gasteiger partial charge on any atom is -0.469 e. The van der Waals surface area contributed by atoms with Gasteiger partial charge >= 0.3 is 5.97 Å². The van der Waals surface area contributed by atoms with Crippen LogP contribution >= 0.6 is 0 Å². The summed E-state index contributed by atoms with van der Waals surface area (Å²) < 4.78 is 5.21. The first-order valence-electron chi connectivity index (χ1n) is 12.4. The monoisotopic (exact) mass is 477 g/mol. The van der Waals surface area contributed by atoms with Gasteiger partial charge in [-0.05, 0) is 56.3 Å². The third-order valence-corrected chi connectivity index (χ3v) is 5.88. The SMILES string of the molecule is COC(=O)CCCCCCC(=O)Nc1ccc(CCNC(=O)[C@H](CCCCN)[N+](C)(C)C)cc1. The van der Waals surface area contributed by atoms with Gasteiger partial charge in [0.05, 0.1) is 28.3 Å². The van der Waals surface area contributed by atoms with Gasteiger partial charge in [0, 0.05) is 31.5 Å². The zero-order valence-corrected chi connectivity index (χ0v) is 21.5. The summed E-state index contributed by atoms with van der Waals surface area (Å²) in [5.74, 6) is -0.108. The van der Waals surface area contributed by atoms with Crippen molar-refractivity contribution in [2.45, 2.75) is 70.3 Å². The molecule has 2 amide bonds. The van der Waals surface area contributed by atoms with E-state index >= 15 is 0 Å². The molecule has 1 atom stereocenters. The van der Waals surface area contributed by atoms with Gasteiger partial charge < -0.3 is 25.6 Å². The molecule has 192 valence electrons. The first kappa shape index (κ1) is 29.6. The molecular formula is C26H45N4O4+. The number of nitrogens with zero attached hydrogens (tertiary/aromatic N) is 1. The van der Waals surface area contributed by atoms with E-state index < -0.39 is 0 Å². The van der Waals surface area contributed by atoms with Crippen LogP contribution in [-0.2, 0) is 25.5 Å². The molecule has 0 aliphatic heterocycles. The van der Waals surface area contributed by atoms with Crippen molar-refractivity contribution in [3.8, 4) is 0 Å². The molecule has 1 aromatic rings. The minimum atomic E-state index is -0.185. The number of carbonyl (C=O) groups is 3. The van der Waals surface area contributed by atoms with Crippen molar-refractivity contribution in [3.63, 3.8) is 0 Å². The largest absolute Gasteiger partial charge is 0.469 e. The first-order chi connectivity index (χ1) is 16.2. The zero-order valence-electron chi connectivity index (χ0n) is 21.5. The topological polar surface area (TPSA) is 111 Å². The highest BCUT2D eigenvalue weighted by Gasteiger charge is 2.30. The lowest BCUT2D eigenvalue weighted by molar-refractivity contribution is -0.886. The molecule has 0 spiro atoms. The van der Waals surface area contributed by atoms with Crippen LogP contribution in [0.1, 0.15) is 63.4 Å². The van der Waals surface area contributed by atoms with E-state index in [2.05, 4.69) is 15.4 Å². The van der Waals surface area contributed by atoms with Gasteiger partial charge in [0.1, 0.15) is 0 Å². The maximum atomic E-state index is 12.7. The van der Waals surface area contributed by atoms with Gasteiger partial charge in [0.25, 0.3) is 5.91 Å². The number of nitrogens with one attached hydrogen (secondary N) is 2. The van der Waals surface area contributed by atoms with E-state index in [1.54, 1.807) is 0 Å². The number of quaternary nitrogens is 1. The molecule has 0 bridgehead atoms. The number of methoxy groups -OCH3 is 1. The lowest BCUT2D eigenvalue weighted by Gasteiger charge is -2.33. The lowest BCUT2D eigenvalue weighted by atomic mass is 10.1. The molecule has 8 heteroatoms. The Kier molecular flexibility index (Phi) is 14.1. The van der Waals surface area contributed by atoms with Crippen LogP contribution in [0, 0.1) is 0 Å². The predicted octanol–water partition coefficient (Wildman–Crippen LogP) is 3.00. The molecule has 0 saturated carbocycles. The molecule has 0 fully saturated rings. The molecule has 0 aliphatic rings. The Labute approximate surface area is 205 Å². The number of hydrogen-bond donors (Lipinski definition) is 3. The summed E-state index contributed by atoms with van der Waals surface area (Å²) in [5.41, 5.74) is 7.47. The van der Waals surface area contributed by atoms with Crippen LogP contribution < -0.4 is 16.4 Å². The number of anilines is 1. The molecule has 0 radical (unpaired) electrons. The highest BCUT2D eigenvalue weighted by atomic mass is 16.5. The third-order valence-electron chi connectivity index (χ3n) is 5.88. The Morgan fingerprint density at radius 1 is 0.941 bits per heavy atom. The molecule has 8 nitrogen and oxygen atoms in total. The number of nitrogens with two attached hydrogens (primary N) is 1. The highest BCUT2D eigenvalue weighted by molar-refractivity contribution is 5.90. The van der Waals surface area contributed by atoms with Crippen LogP contribution in [0.3, 0.4) is 0 Å². The predicted molar refractivity (Wildman–Crippen MR) is 136 cm³/mol. The molecule has 0 heterocycles. The molecule has 4 N–H and O–H groups in total. The van der Waals surface area contributed by atoms with E-state index in [0.717, 1.165) is 62.6 Å². The van der Waals surface area contributed by atoms with Gasteiger partial charge in [-0.1, -0.05) is 25.0 Å². The highest BCUT2D eigenvalue weighted by Crippen LogP contribution is 2.14. The summed E-state index contributed by atoms with van der Waals surface area (Å²) in [7, 11) is 7.53. The van der Waals surface area contributed by atoms with E-state index in [-0.39, 0.29) is 23.8 Å². The smallest absolute Gasteiger partial charge is 0.305 e. The van der Waals surface area contributed by atoms with Crippen molar-refractivity contribution in [1.29, 1.82) is 0 Å². The minimum absolute atomic E-state index is 0.00559. The molecule has 1 rings (SSSR count).